The fourth-order valence-corrected chi connectivity index (χ4v) is 6.42. The maximum absolute atomic E-state index is 13.3. The first-order valence-corrected chi connectivity index (χ1v) is 12.7. The predicted molar refractivity (Wildman–Crippen MR) is 119 cm³/mol. The van der Waals surface area contributed by atoms with E-state index in [-0.39, 0.29) is 24.4 Å². The topological polar surface area (TPSA) is 71.4 Å². The zero-order valence-electron chi connectivity index (χ0n) is 17.8. The highest BCUT2D eigenvalue weighted by molar-refractivity contribution is 7.89. The Labute approximate surface area is 179 Å². The molecule has 1 unspecified atom stereocenters. The van der Waals surface area contributed by atoms with Gasteiger partial charge >= 0.3 is 0 Å². The minimum absolute atomic E-state index is 0.0268. The van der Waals surface area contributed by atoms with E-state index in [1.165, 1.54) is 23.6 Å². The van der Waals surface area contributed by atoms with E-state index in [0.717, 1.165) is 49.4 Å². The summed E-state index contributed by atoms with van der Waals surface area (Å²) in [6.45, 7) is 0.746. The molecular formula is C23H33N3O3S. The lowest BCUT2D eigenvalue weighted by Crippen LogP contribution is -2.47. The summed E-state index contributed by atoms with van der Waals surface area (Å²) < 4.78 is 30.0. The molecule has 2 heterocycles. The van der Waals surface area contributed by atoms with Crippen LogP contribution < -0.4 is 5.32 Å². The van der Waals surface area contributed by atoms with Crippen LogP contribution in [0.2, 0.25) is 0 Å². The van der Waals surface area contributed by atoms with Crippen LogP contribution in [0.4, 0.5) is 0 Å². The number of piperidine rings is 1. The monoisotopic (exact) mass is 431 g/mol. The van der Waals surface area contributed by atoms with Crippen LogP contribution >= 0.6 is 0 Å². The Kier molecular flexibility index (Phi) is 6.48. The summed E-state index contributed by atoms with van der Waals surface area (Å²) in [6, 6.07) is 7.43. The van der Waals surface area contributed by atoms with Gasteiger partial charge in [0.2, 0.25) is 15.9 Å². The first-order chi connectivity index (χ1) is 14.4. The van der Waals surface area contributed by atoms with Crippen molar-refractivity contribution in [3.8, 4) is 0 Å². The van der Waals surface area contributed by atoms with Crippen molar-refractivity contribution in [2.75, 3.05) is 13.1 Å². The number of aromatic nitrogens is 1. The predicted octanol–water partition coefficient (Wildman–Crippen LogP) is 3.81. The fraction of sp³-hybridized carbons (Fsp3) is 0.609. The van der Waals surface area contributed by atoms with Crippen LogP contribution in [0.3, 0.4) is 0 Å². The van der Waals surface area contributed by atoms with Gasteiger partial charge in [-0.1, -0.05) is 32.1 Å². The molecule has 164 valence electrons. The molecule has 1 saturated carbocycles. The molecule has 1 aromatic carbocycles. The summed E-state index contributed by atoms with van der Waals surface area (Å²) in [5, 5.41) is 4.14. The minimum Gasteiger partial charge on any atom is -0.353 e. The van der Waals surface area contributed by atoms with Crippen LogP contribution in [-0.4, -0.2) is 42.3 Å². The maximum Gasteiger partial charge on any atom is 0.243 e. The molecule has 1 aliphatic carbocycles. The molecule has 1 atom stereocenters. The number of sulfonamides is 1. The Morgan fingerprint density at radius 3 is 2.50 bits per heavy atom. The van der Waals surface area contributed by atoms with Crippen molar-refractivity contribution < 1.29 is 13.2 Å². The molecule has 2 aliphatic rings. The van der Waals surface area contributed by atoms with Crippen molar-refractivity contribution in [3.05, 3.63) is 30.5 Å². The largest absolute Gasteiger partial charge is 0.353 e. The second-order valence-corrected chi connectivity index (χ2v) is 10.8. The molecule has 1 N–H and O–H groups in total. The number of carbonyl (C=O) groups is 1. The van der Waals surface area contributed by atoms with Crippen molar-refractivity contribution >= 4 is 26.8 Å². The number of nitrogens with zero attached hydrogens (tertiary/aromatic N) is 2. The lowest BCUT2D eigenvalue weighted by atomic mass is 9.94. The molecule has 0 bridgehead atoms. The average Bonchev–Trinajstić information content (AvgIpc) is 3.10. The highest BCUT2D eigenvalue weighted by Gasteiger charge is 2.34. The van der Waals surface area contributed by atoms with Crippen molar-refractivity contribution in [1.29, 1.82) is 0 Å². The van der Waals surface area contributed by atoms with E-state index in [9.17, 15) is 13.2 Å². The second kappa shape index (κ2) is 9.10. The molecule has 4 rings (SSSR count). The van der Waals surface area contributed by atoms with Gasteiger partial charge < -0.3 is 9.88 Å². The standard InChI is InChI=1S/C23H33N3O3S/c1-25-15-13-18-16-21(11-12-22(18)25)30(28,29)26-14-7-8-19(17-26)23(27)24-20-9-5-3-2-4-6-10-20/h11-13,15-16,19-20H,2-10,14,17H2,1H3,(H,24,27). The molecule has 2 aromatic rings. The third-order valence-electron chi connectivity index (χ3n) is 6.70. The van der Waals surface area contributed by atoms with E-state index in [4.69, 9.17) is 0 Å². The van der Waals surface area contributed by atoms with Crippen LogP contribution in [0, 0.1) is 5.92 Å². The van der Waals surface area contributed by atoms with Crippen molar-refractivity contribution in [3.63, 3.8) is 0 Å². The fourth-order valence-electron chi connectivity index (χ4n) is 4.86. The number of fused-ring (bicyclic) bond motifs is 1. The Morgan fingerprint density at radius 2 is 1.73 bits per heavy atom. The Balaban J connectivity index is 1.44. The number of amides is 1. The molecule has 0 spiro atoms. The highest BCUT2D eigenvalue weighted by Crippen LogP contribution is 2.27. The van der Waals surface area contributed by atoms with E-state index in [1.807, 2.05) is 29.9 Å². The number of hydrogen-bond acceptors (Lipinski definition) is 3. The van der Waals surface area contributed by atoms with Crippen molar-refractivity contribution in [2.45, 2.75) is 68.7 Å². The number of rotatable bonds is 4. The van der Waals surface area contributed by atoms with Gasteiger partial charge in [-0.15, -0.1) is 0 Å². The number of carbonyl (C=O) groups excluding carboxylic acids is 1. The van der Waals surface area contributed by atoms with Gasteiger partial charge in [-0.25, -0.2) is 8.42 Å². The van der Waals surface area contributed by atoms with E-state index >= 15 is 0 Å². The number of benzene rings is 1. The van der Waals surface area contributed by atoms with E-state index < -0.39 is 10.0 Å². The van der Waals surface area contributed by atoms with Gasteiger partial charge in [0.25, 0.3) is 0 Å². The molecule has 7 heteroatoms. The summed E-state index contributed by atoms with van der Waals surface area (Å²) >= 11 is 0. The number of aryl methyl sites for hydroxylation is 1. The smallest absolute Gasteiger partial charge is 0.243 e. The van der Waals surface area contributed by atoms with Gasteiger partial charge in [0.1, 0.15) is 0 Å². The van der Waals surface area contributed by atoms with E-state index in [2.05, 4.69) is 5.32 Å². The Bertz CT molecular complexity index is 990. The normalized spacial score (nSPS) is 22.5. The molecule has 1 aliphatic heterocycles. The summed E-state index contributed by atoms with van der Waals surface area (Å²) in [5.74, 6) is -0.238. The molecule has 1 saturated heterocycles. The lowest BCUT2D eigenvalue weighted by Gasteiger charge is -2.32. The second-order valence-electron chi connectivity index (χ2n) is 8.90. The van der Waals surface area contributed by atoms with Crippen molar-refractivity contribution in [2.24, 2.45) is 13.0 Å². The first kappa shape index (κ1) is 21.4. The molecular weight excluding hydrogens is 398 g/mol. The van der Waals surface area contributed by atoms with Gasteiger partial charge in [-0.05, 0) is 49.9 Å². The number of hydrogen-bond donors (Lipinski definition) is 1. The average molecular weight is 432 g/mol. The molecule has 0 radical (unpaired) electrons. The molecule has 1 aromatic heterocycles. The molecule has 1 amide bonds. The van der Waals surface area contributed by atoms with Crippen LogP contribution in [0.15, 0.2) is 35.4 Å². The zero-order chi connectivity index (χ0) is 21.1. The zero-order valence-corrected chi connectivity index (χ0v) is 18.7. The summed E-state index contributed by atoms with van der Waals surface area (Å²) in [5.41, 5.74) is 1.00. The summed E-state index contributed by atoms with van der Waals surface area (Å²) in [4.78, 5) is 13.2. The third-order valence-corrected chi connectivity index (χ3v) is 8.56. The maximum atomic E-state index is 13.3. The summed E-state index contributed by atoms with van der Waals surface area (Å²) in [7, 11) is -1.67. The Morgan fingerprint density at radius 1 is 1.00 bits per heavy atom. The van der Waals surface area contributed by atoms with E-state index in [0.29, 0.717) is 11.4 Å². The minimum atomic E-state index is -3.61. The van der Waals surface area contributed by atoms with Gasteiger partial charge in [0.15, 0.2) is 0 Å². The van der Waals surface area contributed by atoms with Gasteiger partial charge in [0.05, 0.1) is 10.8 Å². The number of nitrogens with one attached hydrogen (secondary N) is 1. The van der Waals surface area contributed by atoms with Gasteiger partial charge in [-0.2, -0.15) is 4.31 Å². The van der Waals surface area contributed by atoms with Crippen LogP contribution in [0.1, 0.15) is 57.8 Å². The van der Waals surface area contributed by atoms with E-state index in [1.54, 1.807) is 12.1 Å². The quantitative estimate of drug-likeness (QED) is 0.800. The van der Waals surface area contributed by atoms with Crippen LogP contribution in [0.25, 0.3) is 10.9 Å². The molecule has 30 heavy (non-hydrogen) atoms. The van der Waals surface area contributed by atoms with Crippen molar-refractivity contribution in [1.82, 2.24) is 14.2 Å². The molecule has 6 nitrogen and oxygen atoms in total. The highest BCUT2D eigenvalue weighted by atomic mass is 32.2. The van der Waals surface area contributed by atoms with Gasteiger partial charge in [-0.3, -0.25) is 4.79 Å². The van der Waals surface area contributed by atoms with Gasteiger partial charge in [0, 0.05) is 43.3 Å². The van der Waals surface area contributed by atoms with Crippen LogP contribution in [0.5, 0.6) is 0 Å². The SMILES string of the molecule is Cn1ccc2cc(S(=O)(=O)N3CCCC(C(=O)NC4CCCCCCC4)C3)ccc21. The lowest BCUT2D eigenvalue weighted by molar-refractivity contribution is -0.126. The van der Waals surface area contributed by atoms with Crippen LogP contribution in [-0.2, 0) is 21.9 Å². The first-order valence-electron chi connectivity index (χ1n) is 11.3. The third kappa shape index (κ3) is 4.57. The summed E-state index contributed by atoms with van der Waals surface area (Å²) in [6.07, 6.45) is 11.6. The molecule has 2 fully saturated rings. The Hall–Kier alpha value is -1.86.